The zero-order valence-corrected chi connectivity index (χ0v) is 26.5. The zero-order valence-electron chi connectivity index (χ0n) is 26.5. The van der Waals surface area contributed by atoms with E-state index >= 15 is 0 Å². The molecular formula is C33H46N4O7. The van der Waals surface area contributed by atoms with Crippen molar-refractivity contribution in [3.8, 4) is 5.75 Å². The van der Waals surface area contributed by atoms with Gasteiger partial charge in [0.15, 0.2) is 11.4 Å². The number of piperidine rings is 1. The molecule has 0 bridgehead atoms. The summed E-state index contributed by atoms with van der Waals surface area (Å²) >= 11 is 0. The van der Waals surface area contributed by atoms with E-state index in [4.69, 9.17) is 5.73 Å². The first-order chi connectivity index (χ1) is 20.7. The Morgan fingerprint density at radius 3 is 2.32 bits per heavy atom. The zero-order chi connectivity index (χ0) is 32.4. The number of ketones is 2. The first-order valence-electron chi connectivity index (χ1n) is 15.7. The van der Waals surface area contributed by atoms with Crippen molar-refractivity contribution in [2.45, 2.75) is 70.1 Å². The van der Waals surface area contributed by atoms with Gasteiger partial charge in [-0.05, 0) is 77.0 Å². The average molecular weight is 611 g/mol. The molecule has 0 radical (unpaired) electrons. The quantitative estimate of drug-likeness (QED) is 0.289. The molecule has 5 rings (SSSR count). The molecule has 6 atom stereocenters. The number of hydrogen-bond donors (Lipinski definition) is 5. The number of anilines is 1. The smallest absolute Gasteiger partial charge is 0.255 e. The van der Waals surface area contributed by atoms with Gasteiger partial charge in [0, 0.05) is 30.0 Å². The molecule has 1 amide bonds. The number of amides is 1. The van der Waals surface area contributed by atoms with Gasteiger partial charge in [0.05, 0.1) is 17.3 Å². The monoisotopic (exact) mass is 610 g/mol. The fourth-order valence-electron chi connectivity index (χ4n) is 8.46. The van der Waals surface area contributed by atoms with E-state index in [0.717, 1.165) is 45.3 Å². The number of Topliss-reactive ketones (excluding diaryl/α,β-unsaturated/α-hetero) is 2. The number of fused-ring (bicyclic) bond motifs is 3. The molecule has 3 aliphatic carbocycles. The minimum Gasteiger partial charge on any atom is -0.508 e. The van der Waals surface area contributed by atoms with Crippen molar-refractivity contribution < 1.29 is 34.8 Å². The van der Waals surface area contributed by atoms with Crippen LogP contribution in [-0.2, 0) is 14.4 Å². The fourth-order valence-corrected chi connectivity index (χ4v) is 8.46. The standard InChI is InChI=1S/C33H46N4O7/c1-7-8-13-37(18-11-14-36(6)15-12-18)20-10-9-19-16(2)21-17(3)25-26(35(4)5)29(40)24(32(34)43)31(42)33(25,44)30(41)23(21)28(39)22(19)27(20)38/h9-10,16-18,21,25-26,38-39,42,44H,7-8,11-15H2,1-6H3,(H2,34,43)/t16-,17-,21-,25-,26-,33-/m0/s1. The SMILES string of the molecule is CCCCN(c1ccc2c(c1O)C(O)=C1C(=O)[C@]3(O)C(O)=C(C(N)=O)C(=O)[C@@H](N(C)C)[C@@H]3[C@@H](C)[C@@H]1[C@H]2C)C1CCN(C)CC1. The van der Waals surface area contributed by atoms with Crippen molar-refractivity contribution >= 4 is 28.9 Å². The van der Waals surface area contributed by atoms with Gasteiger partial charge in [-0.1, -0.05) is 33.3 Å². The van der Waals surface area contributed by atoms with Crippen LogP contribution < -0.4 is 10.6 Å². The number of aliphatic hydroxyl groups excluding tert-OH is 2. The molecule has 1 heterocycles. The molecule has 1 aliphatic heterocycles. The molecule has 2 fully saturated rings. The van der Waals surface area contributed by atoms with Gasteiger partial charge in [-0.25, -0.2) is 0 Å². The van der Waals surface area contributed by atoms with Gasteiger partial charge in [0.25, 0.3) is 5.91 Å². The lowest BCUT2D eigenvalue weighted by Crippen LogP contribution is -2.68. The Balaban J connectivity index is 1.69. The number of likely N-dealkylation sites (tertiary alicyclic amines) is 1. The lowest BCUT2D eigenvalue weighted by atomic mass is 9.51. The van der Waals surface area contributed by atoms with Crippen LogP contribution in [0.2, 0.25) is 0 Å². The molecule has 1 saturated heterocycles. The summed E-state index contributed by atoms with van der Waals surface area (Å²) in [5, 5.41) is 47.0. The number of nitrogens with two attached hydrogens (primary N) is 1. The van der Waals surface area contributed by atoms with Gasteiger partial charge in [0.1, 0.15) is 22.8 Å². The highest BCUT2D eigenvalue weighted by molar-refractivity contribution is 6.24. The Labute approximate surface area is 258 Å². The van der Waals surface area contributed by atoms with Crippen LogP contribution in [0.1, 0.15) is 63.5 Å². The third kappa shape index (κ3) is 4.54. The third-order valence-corrected chi connectivity index (χ3v) is 10.7. The second kappa shape index (κ2) is 11.5. The highest BCUT2D eigenvalue weighted by atomic mass is 16.3. The predicted molar refractivity (Wildman–Crippen MR) is 166 cm³/mol. The molecule has 0 spiro atoms. The summed E-state index contributed by atoms with van der Waals surface area (Å²) < 4.78 is 0. The van der Waals surface area contributed by atoms with E-state index < -0.39 is 69.9 Å². The van der Waals surface area contributed by atoms with Crippen molar-refractivity contribution in [2.75, 3.05) is 45.7 Å². The largest absolute Gasteiger partial charge is 0.508 e. The van der Waals surface area contributed by atoms with Crippen molar-refractivity contribution in [1.82, 2.24) is 9.80 Å². The van der Waals surface area contributed by atoms with Crippen LogP contribution in [-0.4, -0.2) is 106 Å². The van der Waals surface area contributed by atoms with Crippen LogP contribution in [0.25, 0.3) is 5.76 Å². The Morgan fingerprint density at radius 2 is 1.75 bits per heavy atom. The normalized spacial score (nSPS) is 31.2. The Morgan fingerprint density at radius 1 is 1.11 bits per heavy atom. The Hall–Kier alpha value is -3.41. The van der Waals surface area contributed by atoms with E-state index in [-0.39, 0.29) is 22.9 Å². The summed E-state index contributed by atoms with van der Waals surface area (Å²) in [6.45, 7) is 8.36. The molecule has 11 nitrogen and oxygen atoms in total. The van der Waals surface area contributed by atoms with Gasteiger partial charge in [-0.3, -0.25) is 19.3 Å². The summed E-state index contributed by atoms with van der Waals surface area (Å²) in [5.41, 5.74) is 3.19. The number of benzene rings is 1. The number of aromatic hydroxyl groups is 1. The maximum absolute atomic E-state index is 14.4. The van der Waals surface area contributed by atoms with Crippen LogP contribution in [0.3, 0.4) is 0 Å². The molecule has 6 N–H and O–H groups in total. The topological polar surface area (TPSA) is 168 Å². The highest BCUT2D eigenvalue weighted by Gasteiger charge is 2.67. The molecular weight excluding hydrogens is 564 g/mol. The number of phenolic OH excluding ortho intramolecular Hbond substituents is 1. The van der Waals surface area contributed by atoms with Crippen LogP contribution in [0.15, 0.2) is 29.0 Å². The van der Waals surface area contributed by atoms with Gasteiger partial charge in [0.2, 0.25) is 5.78 Å². The van der Waals surface area contributed by atoms with Crippen LogP contribution in [0.4, 0.5) is 5.69 Å². The fraction of sp³-hybridized carbons (Fsp3) is 0.606. The van der Waals surface area contributed by atoms with Gasteiger partial charge >= 0.3 is 0 Å². The van der Waals surface area contributed by atoms with Crippen molar-refractivity contribution in [3.05, 3.63) is 40.2 Å². The van der Waals surface area contributed by atoms with Crippen LogP contribution in [0, 0.1) is 17.8 Å². The van der Waals surface area contributed by atoms with Crippen molar-refractivity contribution in [2.24, 2.45) is 23.5 Å². The van der Waals surface area contributed by atoms with E-state index in [2.05, 4.69) is 23.8 Å². The second-order valence-electron chi connectivity index (χ2n) is 13.4. The maximum atomic E-state index is 14.4. The Kier molecular flexibility index (Phi) is 8.37. The van der Waals surface area contributed by atoms with E-state index in [0.29, 0.717) is 11.3 Å². The average Bonchev–Trinajstić information content (AvgIpc) is 2.96. The molecule has 4 aliphatic rings. The number of phenols is 1. The molecule has 1 aromatic carbocycles. The molecule has 11 heteroatoms. The van der Waals surface area contributed by atoms with E-state index in [1.165, 1.54) is 4.90 Å². The number of likely N-dealkylation sites (N-methyl/N-ethyl adjacent to an activating group) is 1. The van der Waals surface area contributed by atoms with Crippen molar-refractivity contribution in [1.29, 1.82) is 0 Å². The van der Waals surface area contributed by atoms with Gasteiger partial charge in [-0.2, -0.15) is 0 Å². The molecule has 0 aromatic heterocycles. The summed E-state index contributed by atoms with van der Waals surface area (Å²) in [7, 11) is 5.28. The second-order valence-corrected chi connectivity index (χ2v) is 13.4. The molecule has 1 aromatic rings. The first-order valence-corrected chi connectivity index (χ1v) is 15.7. The number of carbonyl (C=O) groups excluding carboxylic acids is 3. The van der Waals surface area contributed by atoms with Gasteiger partial charge < -0.3 is 36.0 Å². The maximum Gasteiger partial charge on any atom is 0.255 e. The van der Waals surface area contributed by atoms with Crippen molar-refractivity contribution in [3.63, 3.8) is 0 Å². The predicted octanol–water partition coefficient (Wildman–Crippen LogP) is 2.47. The van der Waals surface area contributed by atoms with E-state index in [9.17, 15) is 34.8 Å². The lowest BCUT2D eigenvalue weighted by Gasteiger charge is -2.54. The molecule has 240 valence electrons. The highest BCUT2D eigenvalue weighted by Crippen LogP contribution is 2.59. The van der Waals surface area contributed by atoms with Crippen LogP contribution in [0.5, 0.6) is 5.75 Å². The lowest BCUT2D eigenvalue weighted by molar-refractivity contribution is -0.160. The van der Waals surface area contributed by atoms with Gasteiger partial charge in [-0.15, -0.1) is 0 Å². The number of unbranched alkanes of at least 4 members (excludes halogenated alkanes) is 1. The number of nitrogens with zero attached hydrogens (tertiary/aromatic N) is 3. The first kappa shape index (κ1) is 32.0. The summed E-state index contributed by atoms with van der Waals surface area (Å²) in [6, 6.07) is 2.85. The molecule has 44 heavy (non-hydrogen) atoms. The number of rotatable bonds is 7. The summed E-state index contributed by atoms with van der Waals surface area (Å²) in [4.78, 5) is 46.2. The summed E-state index contributed by atoms with van der Waals surface area (Å²) in [6.07, 6.45) is 3.73. The third-order valence-electron chi connectivity index (χ3n) is 10.7. The number of primary amides is 1. The minimum atomic E-state index is -2.68. The molecule has 1 saturated carbocycles. The Bertz CT molecular complexity index is 1440. The molecule has 0 unspecified atom stereocenters. The van der Waals surface area contributed by atoms with Crippen LogP contribution >= 0.6 is 0 Å². The number of carbonyl (C=O) groups is 3. The number of hydrogen-bond acceptors (Lipinski definition) is 10. The number of aliphatic hydroxyl groups is 3. The minimum absolute atomic E-state index is 0.132. The van der Waals surface area contributed by atoms with E-state index in [1.807, 2.05) is 19.1 Å². The summed E-state index contributed by atoms with van der Waals surface area (Å²) in [5.74, 6) is -7.49. The van der Waals surface area contributed by atoms with E-state index in [1.54, 1.807) is 21.0 Å².